The lowest BCUT2D eigenvalue weighted by Crippen LogP contribution is -2.26. The van der Waals surface area contributed by atoms with E-state index in [1.807, 2.05) is 23.8 Å². The summed E-state index contributed by atoms with van der Waals surface area (Å²) in [6.45, 7) is 3.57. The summed E-state index contributed by atoms with van der Waals surface area (Å²) in [4.78, 5) is 12.0. The molecule has 1 aromatic heterocycles. The van der Waals surface area contributed by atoms with Crippen molar-refractivity contribution in [3.05, 3.63) is 57.5 Å². The van der Waals surface area contributed by atoms with Crippen LogP contribution in [-0.4, -0.2) is 5.91 Å². The maximum atomic E-state index is 13.1. The Kier molecular flexibility index (Phi) is 3.77. The number of halogens is 1. The molecule has 2 rings (SSSR count). The van der Waals surface area contributed by atoms with E-state index in [2.05, 4.69) is 5.32 Å². The van der Waals surface area contributed by atoms with E-state index in [1.54, 1.807) is 24.3 Å². The molecular weight excluding hydrogens is 249 g/mol. The first kappa shape index (κ1) is 12.8. The summed E-state index contributed by atoms with van der Waals surface area (Å²) in [7, 11) is 0. The van der Waals surface area contributed by atoms with Crippen molar-refractivity contribution in [1.29, 1.82) is 0 Å². The average molecular weight is 263 g/mol. The molecule has 0 saturated heterocycles. The van der Waals surface area contributed by atoms with Gasteiger partial charge < -0.3 is 5.32 Å². The quantitative estimate of drug-likeness (QED) is 0.899. The smallest absolute Gasteiger partial charge is 0.251 e. The molecule has 0 aliphatic heterocycles. The third kappa shape index (κ3) is 2.76. The van der Waals surface area contributed by atoms with Gasteiger partial charge in [0, 0.05) is 5.56 Å². The molecular formula is C14H14FNOS. The number of carbonyl (C=O) groups is 1. The third-order valence-electron chi connectivity index (χ3n) is 2.81. The van der Waals surface area contributed by atoms with E-state index in [-0.39, 0.29) is 17.8 Å². The summed E-state index contributed by atoms with van der Waals surface area (Å²) in [6.07, 6.45) is 0. The van der Waals surface area contributed by atoms with Crippen molar-refractivity contribution in [2.75, 3.05) is 0 Å². The standard InChI is InChI=1S/C14H14FNOS/c1-9-7-11(3-4-13(9)15)14(17)16-10(2)12-5-6-18-8-12/h3-8,10H,1-2H3,(H,16,17). The highest BCUT2D eigenvalue weighted by Crippen LogP contribution is 2.16. The van der Waals surface area contributed by atoms with Crippen LogP contribution < -0.4 is 5.32 Å². The van der Waals surface area contributed by atoms with Crippen molar-refractivity contribution in [3.63, 3.8) is 0 Å². The van der Waals surface area contributed by atoms with Crippen molar-refractivity contribution in [2.45, 2.75) is 19.9 Å². The molecule has 0 bridgehead atoms. The molecule has 1 unspecified atom stereocenters. The Bertz CT molecular complexity index is 551. The molecule has 1 atom stereocenters. The van der Waals surface area contributed by atoms with Gasteiger partial charge in [0.05, 0.1) is 6.04 Å². The summed E-state index contributed by atoms with van der Waals surface area (Å²) in [5, 5.41) is 6.86. The van der Waals surface area contributed by atoms with Gasteiger partial charge in [-0.2, -0.15) is 11.3 Å². The van der Waals surface area contributed by atoms with Crippen LogP contribution in [0.5, 0.6) is 0 Å². The molecule has 1 heterocycles. The Hall–Kier alpha value is -1.68. The van der Waals surface area contributed by atoms with Crippen LogP contribution in [0.15, 0.2) is 35.0 Å². The molecule has 4 heteroatoms. The number of rotatable bonds is 3. The molecule has 0 aliphatic rings. The molecule has 1 aromatic carbocycles. The van der Waals surface area contributed by atoms with Gasteiger partial charge in [0.1, 0.15) is 5.82 Å². The molecule has 2 nitrogen and oxygen atoms in total. The van der Waals surface area contributed by atoms with Gasteiger partial charge in [-0.1, -0.05) is 0 Å². The van der Waals surface area contributed by atoms with Crippen LogP contribution >= 0.6 is 11.3 Å². The van der Waals surface area contributed by atoms with Crippen LogP contribution in [0.2, 0.25) is 0 Å². The Morgan fingerprint density at radius 2 is 2.17 bits per heavy atom. The second-order valence-electron chi connectivity index (χ2n) is 4.22. The largest absolute Gasteiger partial charge is 0.345 e. The topological polar surface area (TPSA) is 29.1 Å². The normalized spacial score (nSPS) is 12.2. The Labute approximate surface area is 109 Å². The summed E-state index contributed by atoms with van der Waals surface area (Å²) in [6, 6.07) is 6.31. The number of hydrogen-bond acceptors (Lipinski definition) is 2. The molecule has 94 valence electrons. The highest BCUT2D eigenvalue weighted by atomic mass is 32.1. The average Bonchev–Trinajstić information content (AvgIpc) is 2.86. The molecule has 18 heavy (non-hydrogen) atoms. The van der Waals surface area contributed by atoms with Gasteiger partial charge in [-0.25, -0.2) is 4.39 Å². The third-order valence-corrected chi connectivity index (χ3v) is 3.51. The fourth-order valence-electron chi connectivity index (χ4n) is 1.67. The predicted molar refractivity (Wildman–Crippen MR) is 71.3 cm³/mol. The van der Waals surface area contributed by atoms with Gasteiger partial charge in [0.15, 0.2) is 0 Å². The molecule has 0 aliphatic carbocycles. The van der Waals surface area contributed by atoms with Crippen LogP contribution in [0.4, 0.5) is 4.39 Å². The molecule has 0 radical (unpaired) electrons. The first-order valence-corrected chi connectivity index (χ1v) is 6.61. The molecule has 1 amide bonds. The zero-order valence-corrected chi connectivity index (χ0v) is 11.1. The van der Waals surface area contributed by atoms with E-state index >= 15 is 0 Å². The SMILES string of the molecule is Cc1cc(C(=O)NC(C)c2ccsc2)ccc1F. The van der Waals surface area contributed by atoms with Crippen LogP contribution in [0.1, 0.15) is 34.5 Å². The summed E-state index contributed by atoms with van der Waals surface area (Å²) < 4.78 is 13.1. The second kappa shape index (κ2) is 5.31. The zero-order valence-electron chi connectivity index (χ0n) is 10.2. The fraction of sp³-hybridized carbons (Fsp3) is 0.214. The lowest BCUT2D eigenvalue weighted by molar-refractivity contribution is 0.0940. The monoisotopic (exact) mass is 263 g/mol. The number of benzene rings is 1. The van der Waals surface area contributed by atoms with Crippen LogP contribution in [-0.2, 0) is 0 Å². The van der Waals surface area contributed by atoms with Crippen molar-refractivity contribution in [1.82, 2.24) is 5.32 Å². The van der Waals surface area contributed by atoms with Gasteiger partial charge in [0.25, 0.3) is 5.91 Å². The zero-order chi connectivity index (χ0) is 13.1. The van der Waals surface area contributed by atoms with E-state index in [0.29, 0.717) is 11.1 Å². The minimum Gasteiger partial charge on any atom is -0.345 e. The van der Waals surface area contributed by atoms with E-state index in [9.17, 15) is 9.18 Å². The molecule has 1 N–H and O–H groups in total. The highest BCUT2D eigenvalue weighted by Gasteiger charge is 2.12. The Morgan fingerprint density at radius 3 is 2.78 bits per heavy atom. The van der Waals surface area contributed by atoms with Gasteiger partial charge in [0.2, 0.25) is 0 Å². The second-order valence-corrected chi connectivity index (χ2v) is 5.00. The first-order chi connectivity index (χ1) is 8.58. The number of amides is 1. The molecule has 2 aromatic rings. The maximum Gasteiger partial charge on any atom is 0.251 e. The van der Waals surface area contributed by atoms with Gasteiger partial charge in [-0.3, -0.25) is 4.79 Å². The van der Waals surface area contributed by atoms with Crippen molar-refractivity contribution < 1.29 is 9.18 Å². The minimum absolute atomic E-state index is 0.0471. The summed E-state index contributed by atoms with van der Waals surface area (Å²) in [5.74, 6) is -0.478. The fourth-order valence-corrected chi connectivity index (χ4v) is 2.42. The lowest BCUT2D eigenvalue weighted by Gasteiger charge is -2.13. The number of thiophene rings is 1. The van der Waals surface area contributed by atoms with Crippen molar-refractivity contribution >= 4 is 17.2 Å². The highest BCUT2D eigenvalue weighted by molar-refractivity contribution is 7.07. The molecule has 0 fully saturated rings. The number of nitrogens with one attached hydrogen (secondary N) is 1. The van der Waals surface area contributed by atoms with E-state index < -0.39 is 0 Å². The number of carbonyl (C=O) groups excluding carboxylic acids is 1. The van der Waals surface area contributed by atoms with Crippen LogP contribution in [0, 0.1) is 12.7 Å². The van der Waals surface area contributed by atoms with Crippen LogP contribution in [0.3, 0.4) is 0 Å². The van der Waals surface area contributed by atoms with E-state index in [1.165, 1.54) is 12.1 Å². The Balaban J connectivity index is 2.10. The van der Waals surface area contributed by atoms with Gasteiger partial charge in [-0.15, -0.1) is 0 Å². The number of aryl methyl sites for hydroxylation is 1. The van der Waals surface area contributed by atoms with Crippen molar-refractivity contribution in [3.8, 4) is 0 Å². The van der Waals surface area contributed by atoms with Crippen molar-refractivity contribution in [2.24, 2.45) is 0 Å². The van der Waals surface area contributed by atoms with E-state index in [0.717, 1.165) is 5.56 Å². The maximum absolute atomic E-state index is 13.1. The lowest BCUT2D eigenvalue weighted by atomic mass is 10.1. The minimum atomic E-state index is -0.294. The summed E-state index contributed by atoms with van der Waals surface area (Å²) >= 11 is 1.59. The predicted octanol–water partition coefficient (Wildman–Crippen LogP) is 3.69. The number of hydrogen-bond donors (Lipinski definition) is 1. The molecule has 0 spiro atoms. The Morgan fingerprint density at radius 1 is 1.39 bits per heavy atom. The molecule has 0 saturated carbocycles. The first-order valence-electron chi connectivity index (χ1n) is 5.67. The van der Waals surface area contributed by atoms with Crippen LogP contribution in [0.25, 0.3) is 0 Å². The summed E-state index contributed by atoms with van der Waals surface area (Å²) in [5.41, 5.74) is 2.04. The van der Waals surface area contributed by atoms with Gasteiger partial charge in [-0.05, 0) is 60.0 Å². The van der Waals surface area contributed by atoms with Gasteiger partial charge >= 0.3 is 0 Å². The van der Waals surface area contributed by atoms with E-state index in [4.69, 9.17) is 0 Å².